The summed E-state index contributed by atoms with van der Waals surface area (Å²) >= 11 is 12.7. The molecule has 0 radical (unpaired) electrons. The highest BCUT2D eigenvalue weighted by atomic mass is 35.5. The molecule has 202 valence electrons. The first-order chi connectivity index (χ1) is 18.4. The Labute approximate surface area is 230 Å². The molecule has 0 saturated carbocycles. The predicted octanol–water partition coefficient (Wildman–Crippen LogP) is 3.93. The van der Waals surface area contributed by atoms with Crippen LogP contribution in [-0.2, 0) is 26.5 Å². The summed E-state index contributed by atoms with van der Waals surface area (Å²) in [6.45, 7) is 3.99. The van der Waals surface area contributed by atoms with E-state index in [-0.39, 0.29) is 6.10 Å². The number of anilines is 1. The van der Waals surface area contributed by atoms with Crippen LogP contribution in [0, 0.1) is 0 Å². The number of ether oxygens (including phenoxy) is 4. The molecule has 2 aliphatic heterocycles. The van der Waals surface area contributed by atoms with Gasteiger partial charge in [-0.05, 0) is 36.4 Å². The maximum absolute atomic E-state index is 11.4. The van der Waals surface area contributed by atoms with Gasteiger partial charge in [0.25, 0.3) is 0 Å². The molecule has 0 bridgehead atoms. The molecule has 10 nitrogen and oxygen atoms in total. The van der Waals surface area contributed by atoms with Crippen LogP contribution >= 0.6 is 23.2 Å². The van der Waals surface area contributed by atoms with Gasteiger partial charge in [-0.25, -0.2) is 14.8 Å². The zero-order valence-electron chi connectivity index (χ0n) is 20.9. The molecular weight excluding hydrogens is 533 g/mol. The lowest BCUT2D eigenvalue weighted by molar-refractivity contribution is -0.189. The molecule has 1 N–H and O–H groups in total. The molecular formula is C26H29Cl2N5O5. The quantitative estimate of drug-likeness (QED) is 0.442. The summed E-state index contributed by atoms with van der Waals surface area (Å²) in [5.74, 6) is -0.356. The Morgan fingerprint density at radius 2 is 1.95 bits per heavy atom. The number of piperazine rings is 1. The van der Waals surface area contributed by atoms with E-state index in [1.807, 2.05) is 46.1 Å². The molecule has 1 amide bonds. The number of amides is 1. The zero-order valence-corrected chi connectivity index (χ0v) is 22.4. The first-order valence-electron chi connectivity index (χ1n) is 12.2. The lowest BCUT2D eigenvalue weighted by atomic mass is 10.1. The average molecular weight is 562 g/mol. The summed E-state index contributed by atoms with van der Waals surface area (Å²) < 4.78 is 25.3. The summed E-state index contributed by atoms with van der Waals surface area (Å²) in [6, 6.07) is 13.2. The number of aromatic nitrogens is 2. The SMILES string of the molecule is COC(=O)NN1CCN(c2ccc(OC[C@@H]3CO[C@@](Cn4ccnc4)(c4ccc(Cl)cc4Cl)O3)cc2)CC1. The number of rotatable bonds is 8. The van der Waals surface area contributed by atoms with Crippen molar-refractivity contribution in [1.82, 2.24) is 20.0 Å². The number of carbonyl (C=O) groups excluding carboxylic acids is 1. The van der Waals surface area contributed by atoms with Crippen molar-refractivity contribution in [3.63, 3.8) is 0 Å². The van der Waals surface area contributed by atoms with Crippen molar-refractivity contribution in [2.75, 3.05) is 51.4 Å². The number of benzene rings is 2. The molecule has 12 heteroatoms. The van der Waals surface area contributed by atoms with Crippen molar-refractivity contribution in [2.45, 2.75) is 18.4 Å². The first-order valence-corrected chi connectivity index (χ1v) is 13.0. The van der Waals surface area contributed by atoms with Crippen molar-refractivity contribution in [3.05, 3.63) is 76.8 Å². The minimum absolute atomic E-state index is 0.305. The molecule has 5 rings (SSSR count). The lowest BCUT2D eigenvalue weighted by Crippen LogP contribution is -2.53. The average Bonchev–Trinajstić information content (AvgIpc) is 3.59. The van der Waals surface area contributed by atoms with E-state index in [9.17, 15) is 4.79 Å². The van der Waals surface area contributed by atoms with Crippen molar-refractivity contribution in [3.8, 4) is 5.75 Å². The topological polar surface area (TPSA) is 90.3 Å². The van der Waals surface area contributed by atoms with E-state index in [1.54, 1.807) is 24.7 Å². The Balaban J connectivity index is 1.18. The Hall–Kier alpha value is -3.02. The molecule has 2 aliphatic rings. The lowest BCUT2D eigenvalue weighted by Gasteiger charge is -2.35. The molecule has 0 aliphatic carbocycles. The Morgan fingerprint density at radius 1 is 1.16 bits per heavy atom. The number of hydrogen-bond acceptors (Lipinski definition) is 8. The number of methoxy groups -OCH3 is 1. The summed E-state index contributed by atoms with van der Waals surface area (Å²) in [7, 11) is 1.36. The van der Waals surface area contributed by atoms with Crippen LogP contribution in [0.1, 0.15) is 5.56 Å². The van der Waals surface area contributed by atoms with E-state index in [0.29, 0.717) is 48.5 Å². The fourth-order valence-electron chi connectivity index (χ4n) is 4.57. The van der Waals surface area contributed by atoms with Gasteiger partial charge in [0.15, 0.2) is 0 Å². The number of hydrazine groups is 1. The van der Waals surface area contributed by atoms with Crippen LogP contribution in [0.25, 0.3) is 0 Å². The van der Waals surface area contributed by atoms with E-state index in [0.717, 1.165) is 24.5 Å². The third-order valence-electron chi connectivity index (χ3n) is 6.50. The zero-order chi connectivity index (χ0) is 26.5. The van der Waals surface area contributed by atoms with Crippen LogP contribution in [0.5, 0.6) is 5.75 Å². The second-order valence-corrected chi connectivity index (χ2v) is 9.89. The van der Waals surface area contributed by atoms with Crippen LogP contribution in [0.15, 0.2) is 61.2 Å². The molecule has 0 unspecified atom stereocenters. The van der Waals surface area contributed by atoms with Gasteiger partial charge in [0.2, 0.25) is 5.79 Å². The maximum Gasteiger partial charge on any atom is 0.421 e. The second kappa shape index (κ2) is 11.8. The minimum Gasteiger partial charge on any atom is -0.491 e. The smallest absolute Gasteiger partial charge is 0.421 e. The predicted molar refractivity (Wildman–Crippen MR) is 142 cm³/mol. The van der Waals surface area contributed by atoms with Crippen molar-refractivity contribution in [2.24, 2.45) is 0 Å². The van der Waals surface area contributed by atoms with Gasteiger partial charge in [-0.3, -0.25) is 5.43 Å². The van der Waals surface area contributed by atoms with E-state index in [2.05, 4.69) is 20.0 Å². The van der Waals surface area contributed by atoms with Crippen LogP contribution < -0.4 is 15.1 Å². The number of nitrogens with zero attached hydrogens (tertiary/aromatic N) is 4. The van der Waals surface area contributed by atoms with Crippen molar-refractivity contribution < 1.29 is 23.7 Å². The third-order valence-corrected chi connectivity index (χ3v) is 7.05. The van der Waals surface area contributed by atoms with Gasteiger partial charge >= 0.3 is 6.09 Å². The van der Waals surface area contributed by atoms with Gasteiger partial charge in [-0.15, -0.1) is 0 Å². The summed E-state index contributed by atoms with van der Waals surface area (Å²) in [6.07, 6.45) is 4.50. The minimum atomic E-state index is -1.09. The maximum atomic E-state index is 11.4. The molecule has 3 aromatic rings. The number of carbonyl (C=O) groups is 1. The number of imidazole rings is 1. The number of hydrogen-bond donors (Lipinski definition) is 1. The van der Waals surface area contributed by atoms with Gasteiger partial charge in [0.1, 0.15) is 18.5 Å². The summed E-state index contributed by atoms with van der Waals surface area (Å²) in [5.41, 5.74) is 4.50. The van der Waals surface area contributed by atoms with Crippen LogP contribution in [0.4, 0.5) is 10.5 Å². The van der Waals surface area contributed by atoms with Crippen LogP contribution in [0.2, 0.25) is 10.0 Å². The molecule has 0 spiro atoms. The Kier molecular flexibility index (Phi) is 8.25. The summed E-state index contributed by atoms with van der Waals surface area (Å²) in [5, 5.41) is 2.86. The number of halogens is 2. The fraction of sp³-hybridized carbons (Fsp3) is 0.385. The van der Waals surface area contributed by atoms with Crippen molar-refractivity contribution in [1.29, 1.82) is 0 Å². The summed E-state index contributed by atoms with van der Waals surface area (Å²) in [4.78, 5) is 17.8. The van der Waals surface area contributed by atoms with E-state index in [1.165, 1.54) is 7.11 Å². The van der Waals surface area contributed by atoms with E-state index < -0.39 is 11.9 Å². The Morgan fingerprint density at radius 3 is 2.63 bits per heavy atom. The third kappa shape index (κ3) is 6.16. The standard InChI is InChI=1S/C26H29Cl2N5O5/c1-35-25(34)30-33-12-10-32(11-13-33)20-3-5-21(6-4-20)36-15-22-16-37-26(38-22,17-31-9-8-29-18-31)23-7-2-19(27)14-24(23)28/h2-9,14,18,22H,10-13,15-17H2,1H3,(H,30,34)/t22-,26-/m1/s1. The Bertz CT molecular complexity index is 1220. The molecule has 2 atom stereocenters. The highest BCUT2D eigenvalue weighted by Gasteiger charge is 2.45. The van der Waals surface area contributed by atoms with Crippen LogP contribution in [-0.4, -0.2) is 73.3 Å². The highest BCUT2D eigenvalue weighted by molar-refractivity contribution is 6.35. The van der Waals surface area contributed by atoms with Gasteiger partial charge in [0, 0.05) is 54.8 Å². The molecule has 2 fully saturated rings. The fourth-order valence-corrected chi connectivity index (χ4v) is 5.12. The van der Waals surface area contributed by atoms with Crippen molar-refractivity contribution >= 4 is 35.0 Å². The van der Waals surface area contributed by atoms with E-state index >= 15 is 0 Å². The number of nitrogens with one attached hydrogen (secondary N) is 1. The molecule has 1 aromatic heterocycles. The molecule has 3 heterocycles. The second-order valence-electron chi connectivity index (χ2n) is 9.05. The van der Waals surface area contributed by atoms with E-state index in [4.69, 9.17) is 37.4 Å². The van der Waals surface area contributed by atoms with Gasteiger partial charge in [-0.1, -0.05) is 29.3 Å². The highest BCUT2D eigenvalue weighted by Crippen LogP contribution is 2.40. The first kappa shape index (κ1) is 26.6. The molecule has 2 aromatic carbocycles. The van der Waals surface area contributed by atoms with Crippen LogP contribution in [0.3, 0.4) is 0 Å². The monoisotopic (exact) mass is 561 g/mol. The largest absolute Gasteiger partial charge is 0.491 e. The van der Waals surface area contributed by atoms with Gasteiger partial charge in [0.05, 0.1) is 31.6 Å². The van der Waals surface area contributed by atoms with Gasteiger partial charge < -0.3 is 28.4 Å². The molecule has 38 heavy (non-hydrogen) atoms. The van der Waals surface area contributed by atoms with Gasteiger partial charge in [-0.2, -0.15) is 0 Å². The normalized spacial score (nSPS) is 21.9. The molecule has 2 saturated heterocycles.